The van der Waals surface area contributed by atoms with Gasteiger partial charge in [0, 0.05) is 18.1 Å². The summed E-state index contributed by atoms with van der Waals surface area (Å²) in [6.07, 6.45) is 3.13. The zero-order chi connectivity index (χ0) is 14.2. The smallest absolute Gasteiger partial charge is 0.0608 e. The highest BCUT2D eigenvalue weighted by molar-refractivity contribution is 4.77. The molecule has 0 amide bonds. The molecular weight excluding hydrogens is 226 g/mol. The van der Waals surface area contributed by atoms with Gasteiger partial charge in [0.1, 0.15) is 0 Å². The minimum Gasteiger partial charge on any atom is -0.394 e. The van der Waals surface area contributed by atoms with E-state index in [1.165, 1.54) is 0 Å². The van der Waals surface area contributed by atoms with E-state index in [2.05, 4.69) is 37.7 Å². The third-order valence-electron chi connectivity index (χ3n) is 3.46. The van der Waals surface area contributed by atoms with Crippen molar-refractivity contribution in [2.75, 3.05) is 40.3 Å². The highest BCUT2D eigenvalue weighted by Gasteiger charge is 2.17. The summed E-state index contributed by atoms with van der Waals surface area (Å²) in [6.45, 7) is 9.79. The highest BCUT2D eigenvalue weighted by atomic mass is 16.3. The van der Waals surface area contributed by atoms with E-state index >= 15 is 0 Å². The van der Waals surface area contributed by atoms with E-state index in [4.69, 9.17) is 10.8 Å². The predicted molar refractivity (Wildman–Crippen MR) is 78.8 cm³/mol. The lowest BCUT2D eigenvalue weighted by molar-refractivity contribution is 0.170. The number of aliphatic hydroxyl groups is 1. The Balaban J connectivity index is 3.87. The Bertz CT molecular complexity index is 207. The minimum atomic E-state index is -0.410. The van der Waals surface area contributed by atoms with Gasteiger partial charge in [-0.3, -0.25) is 4.90 Å². The van der Waals surface area contributed by atoms with Crippen LogP contribution in [0.2, 0.25) is 0 Å². The van der Waals surface area contributed by atoms with Gasteiger partial charge in [-0.2, -0.15) is 0 Å². The molecule has 4 heteroatoms. The van der Waals surface area contributed by atoms with Crippen molar-refractivity contribution < 1.29 is 5.11 Å². The predicted octanol–water partition coefficient (Wildman–Crippen LogP) is 1.14. The summed E-state index contributed by atoms with van der Waals surface area (Å²) in [7, 11) is 4.23. The summed E-state index contributed by atoms with van der Waals surface area (Å²) < 4.78 is 0. The van der Waals surface area contributed by atoms with Crippen LogP contribution < -0.4 is 5.73 Å². The van der Waals surface area contributed by atoms with E-state index in [0.717, 1.165) is 38.9 Å². The van der Waals surface area contributed by atoms with E-state index < -0.39 is 5.54 Å². The molecule has 0 aliphatic heterocycles. The second-order valence-electron chi connectivity index (χ2n) is 6.01. The van der Waals surface area contributed by atoms with Crippen LogP contribution >= 0.6 is 0 Å². The van der Waals surface area contributed by atoms with Crippen LogP contribution in [0.15, 0.2) is 0 Å². The fourth-order valence-electron chi connectivity index (χ4n) is 2.26. The van der Waals surface area contributed by atoms with Crippen LogP contribution in [0.25, 0.3) is 0 Å². The topological polar surface area (TPSA) is 52.7 Å². The van der Waals surface area contributed by atoms with Crippen molar-refractivity contribution in [3.63, 3.8) is 0 Å². The number of nitrogens with two attached hydrogens (primary N) is 1. The Hall–Kier alpha value is -0.160. The number of hydrogen-bond donors (Lipinski definition) is 2. The van der Waals surface area contributed by atoms with Gasteiger partial charge in [0.05, 0.1) is 6.61 Å². The van der Waals surface area contributed by atoms with Crippen LogP contribution in [0.5, 0.6) is 0 Å². The van der Waals surface area contributed by atoms with Crippen molar-refractivity contribution in [3.05, 3.63) is 0 Å². The number of nitrogens with zero attached hydrogens (tertiary/aromatic N) is 2. The lowest BCUT2D eigenvalue weighted by atomic mass is 9.97. The molecule has 2 atom stereocenters. The zero-order valence-electron chi connectivity index (χ0n) is 12.9. The summed E-state index contributed by atoms with van der Waals surface area (Å²) in [5.41, 5.74) is 5.51. The minimum absolute atomic E-state index is 0.0710. The van der Waals surface area contributed by atoms with Gasteiger partial charge in [-0.15, -0.1) is 0 Å². The van der Waals surface area contributed by atoms with Gasteiger partial charge in [0.2, 0.25) is 0 Å². The van der Waals surface area contributed by atoms with E-state index in [1.807, 2.05) is 6.92 Å². The lowest BCUT2D eigenvalue weighted by Crippen LogP contribution is -2.41. The van der Waals surface area contributed by atoms with Gasteiger partial charge in [-0.25, -0.2) is 0 Å². The fraction of sp³-hybridized carbons (Fsp3) is 1.00. The van der Waals surface area contributed by atoms with Gasteiger partial charge in [0.25, 0.3) is 0 Å². The molecule has 0 radical (unpaired) electrons. The molecule has 110 valence electrons. The molecule has 0 aromatic heterocycles. The SMILES string of the molecule is CCN(CCCCC(C)(N)CO)C(C)CN(C)C. The van der Waals surface area contributed by atoms with Crippen molar-refractivity contribution in [1.29, 1.82) is 0 Å². The molecular formula is C14H33N3O. The normalized spacial score (nSPS) is 17.2. The van der Waals surface area contributed by atoms with E-state index in [-0.39, 0.29) is 6.61 Å². The maximum absolute atomic E-state index is 9.10. The van der Waals surface area contributed by atoms with Gasteiger partial charge in [0.15, 0.2) is 0 Å². The molecule has 0 bridgehead atoms. The molecule has 2 unspecified atom stereocenters. The standard InChI is InChI=1S/C14H33N3O/c1-6-17(13(2)11-16(4)5)10-8-7-9-14(3,15)12-18/h13,18H,6-12,15H2,1-5H3. The maximum Gasteiger partial charge on any atom is 0.0608 e. The van der Waals surface area contributed by atoms with E-state index in [9.17, 15) is 0 Å². The molecule has 0 aromatic rings. The first-order chi connectivity index (χ1) is 8.32. The molecule has 0 aliphatic rings. The first-order valence-electron chi connectivity index (χ1n) is 7.11. The number of hydrogen-bond acceptors (Lipinski definition) is 4. The first kappa shape index (κ1) is 17.8. The molecule has 0 heterocycles. The number of rotatable bonds is 10. The van der Waals surface area contributed by atoms with E-state index in [0.29, 0.717) is 6.04 Å². The Morgan fingerprint density at radius 3 is 2.33 bits per heavy atom. The van der Waals surface area contributed by atoms with Crippen LogP contribution in [0.1, 0.15) is 40.0 Å². The molecule has 0 fully saturated rings. The Labute approximate surface area is 113 Å². The second-order valence-corrected chi connectivity index (χ2v) is 6.01. The van der Waals surface area contributed by atoms with Crippen molar-refractivity contribution >= 4 is 0 Å². The molecule has 0 aromatic carbocycles. The highest BCUT2D eigenvalue weighted by Crippen LogP contribution is 2.11. The third-order valence-corrected chi connectivity index (χ3v) is 3.46. The van der Waals surface area contributed by atoms with E-state index in [1.54, 1.807) is 0 Å². The monoisotopic (exact) mass is 259 g/mol. The molecule has 18 heavy (non-hydrogen) atoms. The second kappa shape index (κ2) is 8.86. The lowest BCUT2D eigenvalue weighted by Gasteiger charge is -2.30. The van der Waals surface area contributed by atoms with Crippen molar-refractivity contribution in [2.45, 2.75) is 51.6 Å². The average molecular weight is 259 g/mol. The Kier molecular flexibility index (Phi) is 8.78. The fourth-order valence-corrected chi connectivity index (χ4v) is 2.26. The quantitative estimate of drug-likeness (QED) is 0.578. The van der Waals surface area contributed by atoms with Crippen LogP contribution in [-0.2, 0) is 0 Å². The van der Waals surface area contributed by atoms with Crippen molar-refractivity contribution in [2.24, 2.45) is 5.73 Å². The molecule has 0 aliphatic carbocycles. The summed E-state index contributed by atoms with van der Waals surface area (Å²) in [6, 6.07) is 0.590. The molecule has 0 saturated carbocycles. The summed E-state index contributed by atoms with van der Waals surface area (Å²) in [5, 5.41) is 9.10. The van der Waals surface area contributed by atoms with Crippen molar-refractivity contribution in [3.8, 4) is 0 Å². The van der Waals surface area contributed by atoms with Crippen LogP contribution in [-0.4, -0.2) is 66.8 Å². The van der Waals surface area contributed by atoms with Crippen LogP contribution in [0, 0.1) is 0 Å². The molecule has 4 nitrogen and oxygen atoms in total. The summed E-state index contributed by atoms with van der Waals surface area (Å²) in [5.74, 6) is 0. The zero-order valence-corrected chi connectivity index (χ0v) is 12.9. The molecule has 0 spiro atoms. The van der Waals surface area contributed by atoms with Gasteiger partial charge in [-0.1, -0.05) is 13.3 Å². The molecule has 0 saturated heterocycles. The third kappa shape index (κ3) is 8.03. The maximum atomic E-state index is 9.10. The Morgan fingerprint density at radius 1 is 1.28 bits per heavy atom. The number of likely N-dealkylation sites (N-methyl/N-ethyl adjacent to an activating group) is 2. The number of unbranched alkanes of at least 4 members (excludes halogenated alkanes) is 1. The van der Waals surface area contributed by atoms with Crippen LogP contribution in [0.3, 0.4) is 0 Å². The summed E-state index contributed by atoms with van der Waals surface area (Å²) in [4.78, 5) is 4.74. The average Bonchev–Trinajstić information content (AvgIpc) is 2.28. The van der Waals surface area contributed by atoms with Crippen LogP contribution in [0.4, 0.5) is 0 Å². The first-order valence-corrected chi connectivity index (χ1v) is 7.11. The summed E-state index contributed by atoms with van der Waals surface area (Å²) >= 11 is 0. The molecule has 0 rings (SSSR count). The largest absolute Gasteiger partial charge is 0.394 e. The number of aliphatic hydroxyl groups excluding tert-OH is 1. The molecule has 3 N–H and O–H groups in total. The van der Waals surface area contributed by atoms with Crippen molar-refractivity contribution in [1.82, 2.24) is 9.80 Å². The van der Waals surface area contributed by atoms with Gasteiger partial charge in [-0.05, 0) is 53.9 Å². The van der Waals surface area contributed by atoms with Gasteiger partial charge < -0.3 is 15.7 Å². The van der Waals surface area contributed by atoms with Gasteiger partial charge >= 0.3 is 0 Å². The Morgan fingerprint density at radius 2 is 1.89 bits per heavy atom.